The zero-order chi connectivity index (χ0) is 10.1. The Labute approximate surface area is 87.8 Å². The minimum absolute atomic E-state index is 1.03. The lowest BCUT2D eigenvalue weighted by atomic mass is 10.3. The lowest BCUT2D eigenvalue weighted by Gasteiger charge is -2.03. The van der Waals surface area contributed by atoms with E-state index in [0.29, 0.717) is 0 Å². The van der Waals surface area contributed by atoms with Crippen LogP contribution < -0.4 is 0 Å². The highest BCUT2D eigenvalue weighted by atomic mass is 15.0. The van der Waals surface area contributed by atoms with Gasteiger partial charge in [0, 0.05) is 18.1 Å². The third kappa shape index (κ3) is 1.31. The summed E-state index contributed by atoms with van der Waals surface area (Å²) in [6.07, 6.45) is 3.87. The van der Waals surface area contributed by atoms with E-state index in [2.05, 4.69) is 27.8 Å². The van der Waals surface area contributed by atoms with Crippen molar-refractivity contribution in [2.75, 3.05) is 0 Å². The molecule has 0 aliphatic heterocycles. The zero-order valence-corrected chi connectivity index (χ0v) is 8.17. The Morgan fingerprint density at radius 3 is 2.60 bits per heavy atom. The van der Waals surface area contributed by atoms with E-state index in [0.717, 1.165) is 11.0 Å². The molecule has 0 fully saturated rings. The third-order valence-corrected chi connectivity index (χ3v) is 2.49. The Morgan fingerprint density at radius 2 is 1.73 bits per heavy atom. The lowest BCUT2D eigenvalue weighted by molar-refractivity contribution is 1.13. The van der Waals surface area contributed by atoms with Crippen LogP contribution in [0.3, 0.4) is 0 Å². The highest BCUT2D eigenvalue weighted by molar-refractivity contribution is 5.77. The highest BCUT2D eigenvalue weighted by Gasteiger charge is 2.01. The van der Waals surface area contributed by atoms with Crippen molar-refractivity contribution >= 4 is 11.0 Å². The van der Waals surface area contributed by atoms with Crippen LogP contribution in [0.1, 0.15) is 0 Å². The third-order valence-electron chi connectivity index (χ3n) is 2.49. The predicted octanol–water partition coefficient (Wildman–Crippen LogP) is 3.03. The van der Waals surface area contributed by atoms with Gasteiger partial charge in [0.2, 0.25) is 0 Å². The smallest absolute Gasteiger partial charge is 0.0884 e. The van der Waals surface area contributed by atoms with Crippen LogP contribution in [0.4, 0.5) is 0 Å². The number of fused-ring (bicyclic) bond motifs is 1. The highest BCUT2D eigenvalue weighted by Crippen LogP contribution is 2.17. The molecule has 0 unspecified atom stereocenters. The van der Waals surface area contributed by atoms with Crippen molar-refractivity contribution in [3.63, 3.8) is 0 Å². The Morgan fingerprint density at radius 1 is 0.867 bits per heavy atom. The van der Waals surface area contributed by atoms with Crippen molar-refractivity contribution in [2.24, 2.45) is 0 Å². The molecule has 0 aliphatic rings. The van der Waals surface area contributed by atoms with Gasteiger partial charge < -0.3 is 4.57 Å². The molecule has 0 aliphatic carbocycles. The normalized spacial score (nSPS) is 10.7. The molecule has 2 heteroatoms. The second-order valence-electron chi connectivity index (χ2n) is 3.43. The van der Waals surface area contributed by atoms with Crippen LogP contribution in [0.2, 0.25) is 0 Å². The summed E-state index contributed by atoms with van der Waals surface area (Å²) < 4.78 is 2.14. The van der Waals surface area contributed by atoms with Gasteiger partial charge in [-0.1, -0.05) is 18.2 Å². The number of hydrogen-bond donors (Lipinski definition) is 0. The maximum Gasteiger partial charge on any atom is 0.0884 e. The van der Waals surface area contributed by atoms with Gasteiger partial charge in [0.1, 0.15) is 0 Å². The van der Waals surface area contributed by atoms with Crippen molar-refractivity contribution in [2.45, 2.75) is 0 Å². The maximum absolute atomic E-state index is 4.31. The van der Waals surface area contributed by atoms with Crippen LogP contribution in [0.15, 0.2) is 60.9 Å². The molecule has 2 aromatic heterocycles. The molecule has 0 bridgehead atoms. The maximum atomic E-state index is 4.31. The van der Waals surface area contributed by atoms with E-state index >= 15 is 0 Å². The first-order valence-electron chi connectivity index (χ1n) is 4.93. The van der Waals surface area contributed by atoms with Crippen molar-refractivity contribution in [3.05, 3.63) is 60.9 Å². The summed E-state index contributed by atoms with van der Waals surface area (Å²) >= 11 is 0. The van der Waals surface area contributed by atoms with Crippen molar-refractivity contribution in [3.8, 4) is 5.69 Å². The van der Waals surface area contributed by atoms with Gasteiger partial charge in [-0.25, -0.2) is 0 Å². The number of nitrogens with zero attached hydrogens (tertiary/aromatic N) is 2. The fourth-order valence-electron chi connectivity index (χ4n) is 1.78. The molecule has 1 aromatic carbocycles. The molecule has 15 heavy (non-hydrogen) atoms. The fourth-order valence-corrected chi connectivity index (χ4v) is 1.78. The Bertz CT molecular complexity index is 582. The average molecular weight is 194 g/mol. The SMILES string of the molecule is c1ccc(-n2ccc3ncccc32)cc1. The second kappa shape index (κ2) is 3.24. The van der Waals surface area contributed by atoms with Gasteiger partial charge >= 0.3 is 0 Å². The van der Waals surface area contributed by atoms with E-state index in [4.69, 9.17) is 0 Å². The average Bonchev–Trinajstić information content (AvgIpc) is 2.74. The molecule has 2 nitrogen and oxygen atoms in total. The largest absolute Gasteiger partial charge is 0.315 e. The number of hydrogen-bond acceptors (Lipinski definition) is 1. The van der Waals surface area contributed by atoms with E-state index < -0.39 is 0 Å². The molecule has 0 amide bonds. The molecule has 0 atom stereocenters. The summed E-state index contributed by atoms with van der Waals surface area (Å²) in [7, 11) is 0. The summed E-state index contributed by atoms with van der Waals surface area (Å²) in [4.78, 5) is 4.31. The van der Waals surface area contributed by atoms with Gasteiger partial charge in [0.25, 0.3) is 0 Å². The zero-order valence-electron chi connectivity index (χ0n) is 8.17. The molecule has 0 radical (unpaired) electrons. The van der Waals surface area contributed by atoms with E-state index in [9.17, 15) is 0 Å². The molecule has 2 heterocycles. The minimum atomic E-state index is 1.03. The fraction of sp³-hybridized carbons (Fsp3) is 0. The van der Waals surface area contributed by atoms with Crippen LogP contribution in [0.25, 0.3) is 16.7 Å². The van der Waals surface area contributed by atoms with Crippen molar-refractivity contribution in [1.29, 1.82) is 0 Å². The molecular formula is C13H10N2. The van der Waals surface area contributed by atoms with Gasteiger partial charge in [-0.2, -0.15) is 0 Å². The van der Waals surface area contributed by atoms with Crippen molar-refractivity contribution < 1.29 is 0 Å². The summed E-state index contributed by atoms with van der Waals surface area (Å²) in [5.41, 5.74) is 3.34. The van der Waals surface area contributed by atoms with Crippen molar-refractivity contribution in [1.82, 2.24) is 9.55 Å². The summed E-state index contributed by atoms with van der Waals surface area (Å²) in [6, 6.07) is 16.3. The number of aromatic nitrogens is 2. The van der Waals surface area contributed by atoms with Crippen LogP contribution >= 0.6 is 0 Å². The van der Waals surface area contributed by atoms with E-state index in [1.54, 1.807) is 0 Å². The Hall–Kier alpha value is -2.09. The first-order chi connectivity index (χ1) is 7.45. The quantitative estimate of drug-likeness (QED) is 0.582. The van der Waals surface area contributed by atoms with E-state index in [-0.39, 0.29) is 0 Å². The van der Waals surface area contributed by atoms with Gasteiger partial charge in [0.05, 0.1) is 11.0 Å². The summed E-state index contributed by atoms with van der Waals surface area (Å²) in [6.45, 7) is 0. The van der Waals surface area contributed by atoms with Gasteiger partial charge in [0.15, 0.2) is 0 Å². The van der Waals surface area contributed by atoms with Gasteiger partial charge in [-0.3, -0.25) is 4.98 Å². The molecule has 3 aromatic rings. The monoisotopic (exact) mass is 194 g/mol. The van der Waals surface area contributed by atoms with Crippen LogP contribution in [-0.4, -0.2) is 9.55 Å². The molecule has 0 saturated carbocycles. The molecule has 0 spiro atoms. The van der Waals surface area contributed by atoms with Gasteiger partial charge in [-0.05, 0) is 30.3 Å². The molecule has 72 valence electrons. The molecule has 0 saturated heterocycles. The van der Waals surface area contributed by atoms with Crippen LogP contribution in [0.5, 0.6) is 0 Å². The Balaban J connectivity index is 2.28. The minimum Gasteiger partial charge on any atom is -0.315 e. The molecule has 0 N–H and O–H groups in total. The number of benzene rings is 1. The van der Waals surface area contributed by atoms with Gasteiger partial charge in [-0.15, -0.1) is 0 Å². The van der Waals surface area contributed by atoms with E-state index in [1.807, 2.05) is 42.7 Å². The summed E-state index contributed by atoms with van der Waals surface area (Å²) in [5.74, 6) is 0. The van der Waals surface area contributed by atoms with Crippen LogP contribution in [-0.2, 0) is 0 Å². The standard InChI is InChI=1S/C13H10N2/c1-2-5-11(6-3-1)15-10-8-12-13(15)7-4-9-14-12/h1-10H. The van der Waals surface area contributed by atoms with Crippen LogP contribution in [0, 0.1) is 0 Å². The first-order valence-corrected chi connectivity index (χ1v) is 4.93. The summed E-state index contributed by atoms with van der Waals surface area (Å²) in [5, 5.41) is 0. The lowest BCUT2D eigenvalue weighted by Crippen LogP contribution is -1.90. The Kier molecular flexibility index (Phi) is 1.78. The topological polar surface area (TPSA) is 17.8 Å². The molecular weight excluding hydrogens is 184 g/mol. The van der Waals surface area contributed by atoms with E-state index in [1.165, 1.54) is 5.69 Å². The predicted molar refractivity (Wildman–Crippen MR) is 61.1 cm³/mol. The second-order valence-corrected chi connectivity index (χ2v) is 3.43. The first kappa shape index (κ1) is 8.24. The molecule has 3 rings (SSSR count). The number of rotatable bonds is 1. The number of para-hydroxylation sites is 1. The number of pyridine rings is 1.